The second-order valence-electron chi connectivity index (χ2n) is 9.17. The van der Waals surface area contributed by atoms with Crippen molar-refractivity contribution in [2.75, 3.05) is 13.1 Å². The van der Waals surface area contributed by atoms with Crippen molar-refractivity contribution in [1.29, 1.82) is 5.41 Å². The summed E-state index contributed by atoms with van der Waals surface area (Å²) < 4.78 is 0. The normalized spacial score (nSPS) is 14.8. The zero-order chi connectivity index (χ0) is 24.6. The summed E-state index contributed by atoms with van der Waals surface area (Å²) in [4.78, 5) is 28.5. The molecule has 0 unspecified atom stereocenters. The number of nitrogens with one attached hydrogen (secondary N) is 2. The lowest BCUT2D eigenvalue weighted by molar-refractivity contribution is -0.134. The fourth-order valence-corrected chi connectivity index (χ4v) is 4.64. The Hall–Kier alpha value is -3.93. The monoisotopic (exact) mass is 468 g/mol. The lowest BCUT2D eigenvalue weighted by Gasteiger charge is -2.34. The molecular weight excluding hydrogens is 436 g/mol. The molecule has 4 N–H and O–H groups in total. The van der Waals surface area contributed by atoms with E-state index in [1.807, 2.05) is 41.3 Å². The van der Waals surface area contributed by atoms with Crippen LogP contribution in [0, 0.1) is 11.3 Å². The number of amides is 2. The maximum atomic E-state index is 13.6. The third kappa shape index (κ3) is 6.57. The van der Waals surface area contributed by atoms with E-state index >= 15 is 0 Å². The van der Waals surface area contributed by atoms with Crippen LogP contribution >= 0.6 is 0 Å². The van der Waals surface area contributed by atoms with Crippen molar-refractivity contribution in [2.45, 2.75) is 31.7 Å². The third-order valence-corrected chi connectivity index (χ3v) is 6.62. The van der Waals surface area contributed by atoms with E-state index in [1.165, 1.54) is 5.56 Å². The van der Waals surface area contributed by atoms with Gasteiger partial charge in [-0.15, -0.1) is 0 Å². The number of carbonyl (C=O) groups excluding carboxylic acids is 2. The summed E-state index contributed by atoms with van der Waals surface area (Å²) in [5.74, 6) is 0.0531. The predicted octanol–water partition coefficient (Wildman–Crippen LogP) is 3.79. The Morgan fingerprint density at radius 2 is 1.49 bits per heavy atom. The minimum atomic E-state index is -0.670. The number of piperidine rings is 1. The number of nitrogens with two attached hydrogens (primary N) is 1. The number of hydrogen-bond donors (Lipinski definition) is 3. The summed E-state index contributed by atoms with van der Waals surface area (Å²) in [6.07, 6.45) is 3.35. The molecule has 1 aliphatic rings. The molecule has 1 atom stereocenters. The average Bonchev–Trinajstić information content (AvgIpc) is 2.89. The molecule has 1 saturated heterocycles. The highest BCUT2D eigenvalue weighted by atomic mass is 16.2. The topological polar surface area (TPSA) is 99.3 Å². The van der Waals surface area contributed by atoms with Crippen LogP contribution in [0.25, 0.3) is 0 Å². The Balaban J connectivity index is 1.44. The van der Waals surface area contributed by atoms with Crippen LogP contribution in [0.3, 0.4) is 0 Å². The van der Waals surface area contributed by atoms with Gasteiger partial charge in [-0.05, 0) is 48.4 Å². The van der Waals surface area contributed by atoms with Gasteiger partial charge in [0, 0.05) is 30.6 Å². The van der Waals surface area contributed by atoms with Gasteiger partial charge in [0.25, 0.3) is 5.91 Å². The van der Waals surface area contributed by atoms with Crippen LogP contribution < -0.4 is 11.1 Å². The van der Waals surface area contributed by atoms with Gasteiger partial charge in [-0.25, -0.2) is 0 Å². The molecule has 6 heteroatoms. The van der Waals surface area contributed by atoms with E-state index in [4.69, 9.17) is 11.1 Å². The molecule has 0 radical (unpaired) electrons. The molecule has 3 aromatic carbocycles. The maximum absolute atomic E-state index is 13.6. The Morgan fingerprint density at radius 1 is 0.886 bits per heavy atom. The number of benzene rings is 3. The van der Waals surface area contributed by atoms with E-state index in [0.717, 1.165) is 24.8 Å². The lowest BCUT2D eigenvalue weighted by atomic mass is 9.90. The van der Waals surface area contributed by atoms with E-state index in [2.05, 4.69) is 29.6 Å². The van der Waals surface area contributed by atoms with Gasteiger partial charge in [0.1, 0.15) is 11.9 Å². The largest absolute Gasteiger partial charge is 0.384 e. The van der Waals surface area contributed by atoms with Crippen LogP contribution in [0.5, 0.6) is 0 Å². The number of nitrogens with zero attached hydrogens (tertiary/aromatic N) is 1. The zero-order valence-electron chi connectivity index (χ0n) is 19.8. The quantitative estimate of drug-likeness (QED) is 0.346. The molecule has 1 fully saturated rings. The molecule has 180 valence electrons. The number of amidine groups is 1. The first-order chi connectivity index (χ1) is 17.0. The van der Waals surface area contributed by atoms with Crippen molar-refractivity contribution in [3.8, 4) is 0 Å². The van der Waals surface area contributed by atoms with Crippen molar-refractivity contribution in [3.63, 3.8) is 0 Å². The van der Waals surface area contributed by atoms with E-state index in [1.54, 1.807) is 24.3 Å². The number of rotatable bonds is 8. The smallest absolute Gasteiger partial charge is 0.251 e. The van der Waals surface area contributed by atoms with Gasteiger partial charge in [-0.3, -0.25) is 15.0 Å². The van der Waals surface area contributed by atoms with E-state index in [9.17, 15) is 9.59 Å². The highest BCUT2D eigenvalue weighted by Gasteiger charge is 2.30. The predicted molar refractivity (Wildman–Crippen MR) is 138 cm³/mol. The molecule has 1 heterocycles. The van der Waals surface area contributed by atoms with Gasteiger partial charge >= 0.3 is 0 Å². The van der Waals surface area contributed by atoms with E-state index in [0.29, 0.717) is 36.6 Å². The van der Waals surface area contributed by atoms with Crippen LogP contribution in [0.1, 0.15) is 39.9 Å². The summed E-state index contributed by atoms with van der Waals surface area (Å²) >= 11 is 0. The summed E-state index contributed by atoms with van der Waals surface area (Å²) in [5.41, 5.74) is 8.76. The third-order valence-electron chi connectivity index (χ3n) is 6.62. The number of nitrogen functional groups attached to an aromatic ring is 1. The molecule has 4 rings (SSSR count). The van der Waals surface area contributed by atoms with Crippen LogP contribution in [-0.4, -0.2) is 41.7 Å². The van der Waals surface area contributed by atoms with Crippen LogP contribution in [0.2, 0.25) is 0 Å². The number of likely N-dealkylation sites (tertiary alicyclic amines) is 1. The second kappa shape index (κ2) is 11.5. The van der Waals surface area contributed by atoms with Gasteiger partial charge in [0.15, 0.2) is 0 Å². The summed E-state index contributed by atoms with van der Waals surface area (Å²) in [5, 5.41) is 10.6. The molecule has 0 saturated carbocycles. The first kappa shape index (κ1) is 24.2. The average molecular weight is 469 g/mol. The lowest BCUT2D eigenvalue weighted by Crippen LogP contribution is -2.51. The Labute approximate surface area is 206 Å². The Morgan fingerprint density at radius 3 is 2.11 bits per heavy atom. The fraction of sp³-hybridized carbons (Fsp3) is 0.276. The SMILES string of the molecule is N=C(N)c1cccc(C(=O)N[C@H](Cc2ccccc2)C(=O)N2CCC(Cc3ccccc3)CC2)c1. The van der Waals surface area contributed by atoms with Gasteiger partial charge in [0.05, 0.1) is 0 Å². The van der Waals surface area contributed by atoms with Crippen LogP contribution in [0.15, 0.2) is 84.9 Å². The maximum Gasteiger partial charge on any atom is 0.251 e. The second-order valence-corrected chi connectivity index (χ2v) is 9.17. The molecule has 0 bridgehead atoms. The Kier molecular flexibility index (Phi) is 7.93. The summed E-state index contributed by atoms with van der Waals surface area (Å²) in [6.45, 7) is 1.38. The molecule has 1 aliphatic heterocycles. The van der Waals surface area contributed by atoms with Crippen LogP contribution in [-0.2, 0) is 17.6 Å². The summed E-state index contributed by atoms with van der Waals surface area (Å²) in [7, 11) is 0. The van der Waals surface area contributed by atoms with E-state index in [-0.39, 0.29) is 17.6 Å². The molecule has 2 amide bonds. The molecule has 3 aromatic rings. The molecule has 0 aliphatic carbocycles. The van der Waals surface area contributed by atoms with Crippen molar-refractivity contribution in [3.05, 3.63) is 107 Å². The van der Waals surface area contributed by atoms with Crippen molar-refractivity contribution in [2.24, 2.45) is 11.7 Å². The number of carbonyl (C=O) groups is 2. The van der Waals surface area contributed by atoms with Gasteiger partial charge in [-0.1, -0.05) is 72.8 Å². The van der Waals surface area contributed by atoms with Gasteiger partial charge < -0.3 is 16.0 Å². The first-order valence-electron chi connectivity index (χ1n) is 12.1. The molecular formula is C29H32N4O2. The first-order valence-corrected chi connectivity index (χ1v) is 12.1. The minimum Gasteiger partial charge on any atom is -0.384 e. The molecule has 35 heavy (non-hydrogen) atoms. The Bertz CT molecular complexity index is 1160. The molecule has 0 aromatic heterocycles. The standard InChI is InChI=1S/C29H32N4O2/c30-27(31)24-12-7-13-25(20-24)28(34)32-26(19-22-10-5-2-6-11-22)29(35)33-16-14-23(15-17-33)18-21-8-3-1-4-9-21/h1-13,20,23,26H,14-19H2,(H3,30,31)(H,32,34)/t26-/m1/s1. The van der Waals surface area contributed by atoms with Crippen molar-refractivity contribution in [1.82, 2.24) is 10.2 Å². The zero-order valence-corrected chi connectivity index (χ0v) is 19.8. The van der Waals surface area contributed by atoms with Crippen molar-refractivity contribution >= 4 is 17.6 Å². The minimum absolute atomic E-state index is 0.0527. The van der Waals surface area contributed by atoms with Gasteiger partial charge in [-0.2, -0.15) is 0 Å². The highest BCUT2D eigenvalue weighted by molar-refractivity contribution is 6.01. The van der Waals surface area contributed by atoms with Crippen molar-refractivity contribution < 1.29 is 9.59 Å². The molecule has 0 spiro atoms. The fourth-order valence-electron chi connectivity index (χ4n) is 4.64. The van der Waals surface area contributed by atoms with Gasteiger partial charge in [0.2, 0.25) is 5.91 Å². The summed E-state index contributed by atoms with van der Waals surface area (Å²) in [6, 6.07) is 26.2. The number of hydrogen-bond acceptors (Lipinski definition) is 3. The molecule has 6 nitrogen and oxygen atoms in total. The van der Waals surface area contributed by atoms with Crippen LogP contribution in [0.4, 0.5) is 0 Å². The highest BCUT2D eigenvalue weighted by Crippen LogP contribution is 2.22. The van der Waals surface area contributed by atoms with E-state index < -0.39 is 6.04 Å².